The number of aryl methyl sites for hydroxylation is 2. The third kappa shape index (κ3) is 4.59. The fourth-order valence-electron chi connectivity index (χ4n) is 5.34. The van der Waals surface area contributed by atoms with Gasteiger partial charge < -0.3 is 13.9 Å². The van der Waals surface area contributed by atoms with Gasteiger partial charge in [0.05, 0.1) is 10.4 Å². The van der Waals surface area contributed by atoms with E-state index in [-0.39, 0.29) is 22.3 Å². The molecule has 5 rings (SSSR count). The number of oxazole rings is 1. The molecule has 0 saturated carbocycles. The van der Waals surface area contributed by atoms with E-state index in [0.29, 0.717) is 37.4 Å². The van der Waals surface area contributed by atoms with Gasteiger partial charge in [-0.2, -0.15) is 4.31 Å². The van der Waals surface area contributed by atoms with Crippen LogP contribution in [0.4, 0.5) is 0 Å². The van der Waals surface area contributed by atoms with Crippen molar-refractivity contribution in [3.8, 4) is 0 Å². The van der Waals surface area contributed by atoms with Gasteiger partial charge in [0, 0.05) is 58.2 Å². The molecule has 2 saturated heterocycles. The molecule has 0 bridgehead atoms. The predicted molar refractivity (Wildman–Crippen MR) is 132 cm³/mol. The second kappa shape index (κ2) is 9.81. The first-order valence-electron chi connectivity index (χ1n) is 12.5. The molecule has 0 radical (unpaired) electrons. The van der Waals surface area contributed by atoms with Gasteiger partial charge in [-0.3, -0.25) is 9.36 Å². The van der Waals surface area contributed by atoms with Gasteiger partial charge >= 0.3 is 5.76 Å². The SMILES string of the molecule is CCn1cnnc1CC1CCN(C(=O)C2CCN(S(=O)(=O)c3ccc4c(c3)oc(=O)n4C)CC2)CC1. The number of sulfonamides is 1. The van der Waals surface area contributed by atoms with Crippen LogP contribution in [0.15, 0.2) is 38.6 Å². The Morgan fingerprint density at radius 2 is 1.83 bits per heavy atom. The number of aromatic nitrogens is 4. The van der Waals surface area contributed by atoms with Crippen LogP contribution in [0.3, 0.4) is 0 Å². The zero-order chi connectivity index (χ0) is 25.4. The topological polar surface area (TPSA) is 124 Å². The highest BCUT2D eigenvalue weighted by molar-refractivity contribution is 7.89. The molecule has 1 aromatic carbocycles. The van der Waals surface area contributed by atoms with Crippen LogP contribution < -0.4 is 5.76 Å². The summed E-state index contributed by atoms with van der Waals surface area (Å²) >= 11 is 0. The first-order chi connectivity index (χ1) is 17.3. The fourth-order valence-corrected chi connectivity index (χ4v) is 6.83. The maximum absolute atomic E-state index is 13.2. The number of carbonyl (C=O) groups is 1. The summed E-state index contributed by atoms with van der Waals surface area (Å²) in [4.78, 5) is 27.0. The van der Waals surface area contributed by atoms with E-state index in [0.717, 1.165) is 44.7 Å². The van der Waals surface area contributed by atoms with Gasteiger partial charge in [0.25, 0.3) is 0 Å². The maximum atomic E-state index is 13.2. The zero-order valence-corrected chi connectivity index (χ0v) is 21.5. The van der Waals surface area contributed by atoms with E-state index in [1.165, 1.54) is 21.0 Å². The standard InChI is InChI=1S/C24H32N6O5S/c1-3-28-16-25-26-22(28)14-17-6-10-29(11-7-17)23(31)18-8-12-30(13-9-18)36(33,34)19-4-5-20-21(15-19)35-24(32)27(20)2/h4-5,15-18H,3,6-14H2,1-2H3. The number of nitrogens with zero attached hydrogens (tertiary/aromatic N) is 6. The summed E-state index contributed by atoms with van der Waals surface area (Å²) in [5.41, 5.74) is 0.784. The van der Waals surface area contributed by atoms with Crippen LogP contribution in [0.2, 0.25) is 0 Å². The number of piperidine rings is 2. The van der Waals surface area contributed by atoms with Crippen molar-refractivity contribution < 1.29 is 17.6 Å². The Bertz CT molecular complexity index is 1410. The van der Waals surface area contributed by atoms with E-state index >= 15 is 0 Å². The first-order valence-corrected chi connectivity index (χ1v) is 14.0. The molecule has 0 aliphatic carbocycles. The van der Waals surface area contributed by atoms with Crippen molar-refractivity contribution in [1.82, 2.24) is 28.5 Å². The average Bonchev–Trinajstić information content (AvgIpc) is 3.46. The Morgan fingerprint density at radius 3 is 2.53 bits per heavy atom. The quantitative estimate of drug-likeness (QED) is 0.488. The lowest BCUT2D eigenvalue weighted by Crippen LogP contribution is -2.46. The van der Waals surface area contributed by atoms with Crippen molar-refractivity contribution in [1.29, 1.82) is 0 Å². The Balaban J connectivity index is 1.16. The fraction of sp³-hybridized carbons (Fsp3) is 0.583. The van der Waals surface area contributed by atoms with E-state index in [2.05, 4.69) is 21.7 Å². The molecule has 12 heteroatoms. The van der Waals surface area contributed by atoms with E-state index in [1.54, 1.807) is 19.4 Å². The largest absolute Gasteiger partial charge is 0.419 e. The Kier molecular flexibility index (Phi) is 6.73. The number of benzene rings is 1. The van der Waals surface area contributed by atoms with Gasteiger partial charge in [0.2, 0.25) is 15.9 Å². The van der Waals surface area contributed by atoms with Crippen molar-refractivity contribution in [2.75, 3.05) is 26.2 Å². The van der Waals surface area contributed by atoms with Gasteiger partial charge in [0.1, 0.15) is 12.2 Å². The number of fused-ring (bicyclic) bond motifs is 1. The average molecular weight is 517 g/mol. The smallest absolute Gasteiger partial charge is 0.408 e. The lowest BCUT2D eigenvalue weighted by Gasteiger charge is -2.37. The number of hydrogen-bond donors (Lipinski definition) is 0. The van der Waals surface area contributed by atoms with Crippen LogP contribution in [-0.2, 0) is 34.8 Å². The molecule has 0 N–H and O–H groups in total. The highest BCUT2D eigenvalue weighted by Crippen LogP contribution is 2.29. The molecule has 2 aromatic heterocycles. The molecule has 1 amide bonds. The Labute approximate surface area is 209 Å². The van der Waals surface area contributed by atoms with E-state index in [1.807, 2.05) is 4.90 Å². The molecule has 11 nitrogen and oxygen atoms in total. The van der Waals surface area contributed by atoms with Crippen molar-refractivity contribution in [3.63, 3.8) is 0 Å². The third-order valence-electron chi connectivity index (χ3n) is 7.64. The zero-order valence-electron chi connectivity index (χ0n) is 20.7. The molecular weight excluding hydrogens is 484 g/mol. The number of likely N-dealkylation sites (tertiary alicyclic amines) is 1. The van der Waals surface area contributed by atoms with Gasteiger partial charge in [-0.1, -0.05) is 0 Å². The van der Waals surface area contributed by atoms with Crippen molar-refractivity contribution in [3.05, 3.63) is 40.9 Å². The Morgan fingerprint density at radius 1 is 1.11 bits per heavy atom. The summed E-state index contributed by atoms with van der Waals surface area (Å²) in [6.45, 7) is 4.96. The number of amides is 1. The predicted octanol–water partition coefficient (Wildman–Crippen LogP) is 1.62. The Hall–Kier alpha value is -2.99. The molecule has 0 atom stereocenters. The monoisotopic (exact) mass is 516 g/mol. The van der Waals surface area contributed by atoms with Crippen LogP contribution >= 0.6 is 0 Å². The number of carbonyl (C=O) groups excluding carboxylic acids is 1. The summed E-state index contributed by atoms with van der Waals surface area (Å²) in [5, 5.41) is 8.24. The first kappa shape index (κ1) is 24.7. The number of hydrogen-bond acceptors (Lipinski definition) is 7. The minimum Gasteiger partial charge on any atom is -0.408 e. The maximum Gasteiger partial charge on any atom is 0.419 e. The second-order valence-corrected chi connectivity index (χ2v) is 11.7. The lowest BCUT2D eigenvalue weighted by atomic mass is 9.91. The van der Waals surface area contributed by atoms with Gasteiger partial charge in [-0.15, -0.1) is 10.2 Å². The summed E-state index contributed by atoms with van der Waals surface area (Å²) in [6.07, 6.45) is 5.52. The molecule has 2 aliphatic rings. The van der Waals surface area contributed by atoms with E-state index < -0.39 is 15.8 Å². The van der Waals surface area contributed by atoms with Crippen molar-refractivity contribution in [2.45, 2.75) is 50.5 Å². The molecule has 2 fully saturated rings. The van der Waals surface area contributed by atoms with Crippen LogP contribution in [0, 0.1) is 11.8 Å². The molecular formula is C24H32N6O5S. The lowest BCUT2D eigenvalue weighted by molar-refractivity contribution is -0.138. The molecule has 0 spiro atoms. The van der Waals surface area contributed by atoms with Crippen LogP contribution in [0.5, 0.6) is 0 Å². The molecule has 0 unspecified atom stereocenters. The minimum atomic E-state index is -3.74. The third-order valence-corrected chi connectivity index (χ3v) is 9.53. The second-order valence-electron chi connectivity index (χ2n) is 9.74. The van der Waals surface area contributed by atoms with E-state index in [9.17, 15) is 18.0 Å². The van der Waals surface area contributed by atoms with Crippen LogP contribution in [-0.4, -0.2) is 69.0 Å². The van der Waals surface area contributed by atoms with Gasteiger partial charge in [-0.05, 0) is 50.7 Å². The molecule has 194 valence electrons. The molecule has 3 aromatic rings. The highest BCUT2D eigenvalue weighted by atomic mass is 32.2. The molecule has 4 heterocycles. The summed E-state index contributed by atoms with van der Waals surface area (Å²) in [5.74, 6) is 0.930. The van der Waals surface area contributed by atoms with Crippen molar-refractivity contribution >= 4 is 27.0 Å². The minimum absolute atomic E-state index is 0.0927. The number of rotatable bonds is 6. The normalized spacial score (nSPS) is 18.8. The van der Waals surface area contributed by atoms with Gasteiger partial charge in [0.15, 0.2) is 5.58 Å². The van der Waals surface area contributed by atoms with Crippen LogP contribution in [0.25, 0.3) is 11.1 Å². The van der Waals surface area contributed by atoms with Crippen LogP contribution in [0.1, 0.15) is 38.4 Å². The molecule has 2 aliphatic heterocycles. The van der Waals surface area contributed by atoms with Gasteiger partial charge in [-0.25, -0.2) is 13.2 Å². The highest BCUT2D eigenvalue weighted by Gasteiger charge is 2.35. The summed E-state index contributed by atoms with van der Waals surface area (Å²) < 4.78 is 36.4. The van der Waals surface area contributed by atoms with E-state index in [4.69, 9.17) is 4.42 Å². The van der Waals surface area contributed by atoms with Crippen molar-refractivity contribution in [2.24, 2.45) is 18.9 Å². The molecule has 36 heavy (non-hydrogen) atoms. The summed E-state index contributed by atoms with van der Waals surface area (Å²) in [7, 11) is -2.17. The summed E-state index contributed by atoms with van der Waals surface area (Å²) in [6, 6.07) is 4.48.